The Morgan fingerprint density at radius 1 is 1.50 bits per heavy atom. The maximum Gasteiger partial charge on any atom is 0.179 e. The van der Waals surface area contributed by atoms with Crippen LogP contribution in [0, 0.1) is 0 Å². The van der Waals surface area contributed by atoms with Gasteiger partial charge in [0.05, 0.1) is 6.61 Å². The zero-order valence-corrected chi connectivity index (χ0v) is 10.3. The molecule has 0 amide bonds. The molecule has 0 saturated carbocycles. The number of rotatable bonds is 6. The highest BCUT2D eigenvalue weighted by Gasteiger charge is 2.12. The Balaban J connectivity index is 2.73. The van der Waals surface area contributed by atoms with Crippen LogP contribution in [-0.2, 0) is 14.6 Å². The monoisotopic (exact) mass is 244 g/mol. The highest BCUT2D eigenvalue weighted by Crippen LogP contribution is 2.16. The van der Waals surface area contributed by atoms with Crippen LogP contribution in [0.4, 0.5) is 5.82 Å². The van der Waals surface area contributed by atoms with Gasteiger partial charge in [0, 0.05) is 25.6 Å². The molecule has 0 radical (unpaired) electrons. The zero-order valence-electron chi connectivity index (χ0n) is 9.43. The van der Waals surface area contributed by atoms with Crippen molar-refractivity contribution >= 4 is 15.7 Å². The maximum atomic E-state index is 11.4. The molecule has 0 spiro atoms. The Hall–Kier alpha value is -1.14. The quantitative estimate of drug-likeness (QED) is 0.754. The summed E-state index contributed by atoms with van der Waals surface area (Å²) in [4.78, 5) is 4.21. The molecule has 0 aliphatic rings. The first-order valence-electron chi connectivity index (χ1n) is 5.02. The Bertz CT molecular complexity index is 431. The predicted molar refractivity (Wildman–Crippen MR) is 62.3 cm³/mol. The van der Waals surface area contributed by atoms with E-state index in [1.807, 2.05) is 6.92 Å². The molecular weight excluding hydrogens is 228 g/mol. The molecule has 1 N–H and O–H groups in total. The molecule has 16 heavy (non-hydrogen) atoms. The summed E-state index contributed by atoms with van der Waals surface area (Å²) in [7, 11) is -3.24. The van der Waals surface area contributed by atoms with E-state index in [0.717, 1.165) is 6.26 Å². The molecule has 0 atom stereocenters. The molecule has 0 bridgehead atoms. The van der Waals surface area contributed by atoms with E-state index in [0.29, 0.717) is 25.6 Å². The van der Waals surface area contributed by atoms with Crippen LogP contribution in [0.2, 0.25) is 0 Å². The summed E-state index contributed by atoms with van der Waals surface area (Å²) < 4.78 is 28.0. The number of anilines is 1. The van der Waals surface area contributed by atoms with Crippen molar-refractivity contribution in [1.29, 1.82) is 0 Å². The minimum Gasteiger partial charge on any atom is -0.380 e. The van der Waals surface area contributed by atoms with Crippen LogP contribution >= 0.6 is 0 Å². The first kappa shape index (κ1) is 12.9. The number of aromatic nitrogens is 1. The topological polar surface area (TPSA) is 68.3 Å². The predicted octanol–water partition coefficient (Wildman–Crippen LogP) is 0.934. The van der Waals surface area contributed by atoms with Gasteiger partial charge >= 0.3 is 0 Å². The van der Waals surface area contributed by atoms with Crippen molar-refractivity contribution in [2.75, 3.05) is 31.3 Å². The van der Waals surface area contributed by atoms with Gasteiger partial charge in [0.15, 0.2) is 9.84 Å². The van der Waals surface area contributed by atoms with E-state index in [1.54, 1.807) is 12.3 Å². The van der Waals surface area contributed by atoms with Gasteiger partial charge in [-0.05, 0) is 19.1 Å². The van der Waals surface area contributed by atoms with Crippen molar-refractivity contribution in [1.82, 2.24) is 4.98 Å². The molecule has 90 valence electrons. The molecule has 1 aromatic heterocycles. The Labute approximate surface area is 95.8 Å². The summed E-state index contributed by atoms with van der Waals surface area (Å²) in [6.45, 7) is 3.61. The molecule has 5 nitrogen and oxygen atoms in total. The number of pyridine rings is 1. The molecule has 1 heterocycles. The van der Waals surface area contributed by atoms with E-state index >= 15 is 0 Å². The van der Waals surface area contributed by atoms with Crippen molar-refractivity contribution in [2.45, 2.75) is 11.8 Å². The van der Waals surface area contributed by atoms with Gasteiger partial charge in [-0.3, -0.25) is 0 Å². The number of hydrogen-bond donors (Lipinski definition) is 1. The second-order valence-corrected chi connectivity index (χ2v) is 5.23. The van der Waals surface area contributed by atoms with E-state index in [9.17, 15) is 8.42 Å². The average Bonchev–Trinajstić information content (AvgIpc) is 2.24. The van der Waals surface area contributed by atoms with Gasteiger partial charge < -0.3 is 10.1 Å². The zero-order chi connectivity index (χ0) is 12.0. The van der Waals surface area contributed by atoms with Gasteiger partial charge in [0.25, 0.3) is 0 Å². The van der Waals surface area contributed by atoms with Crippen molar-refractivity contribution < 1.29 is 13.2 Å². The molecule has 0 unspecified atom stereocenters. The lowest BCUT2D eigenvalue weighted by Crippen LogP contribution is -2.13. The van der Waals surface area contributed by atoms with Crippen molar-refractivity contribution in [3.8, 4) is 0 Å². The lowest BCUT2D eigenvalue weighted by atomic mass is 10.4. The number of sulfone groups is 1. The second kappa shape index (κ2) is 5.81. The standard InChI is InChI=1S/C10H16N2O3S/c1-3-15-8-7-12-10-9(16(2,13)14)5-4-6-11-10/h4-6H,3,7-8H2,1-2H3,(H,11,12). The third-order valence-electron chi connectivity index (χ3n) is 1.91. The lowest BCUT2D eigenvalue weighted by molar-refractivity contribution is 0.158. The van der Waals surface area contributed by atoms with Crippen LogP contribution in [-0.4, -0.2) is 39.4 Å². The number of nitrogens with zero attached hydrogens (tertiary/aromatic N) is 1. The fourth-order valence-corrected chi connectivity index (χ4v) is 2.01. The fourth-order valence-electron chi connectivity index (χ4n) is 1.21. The minimum atomic E-state index is -3.24. The van der Waals surface area contributed by atoms with Crippen LogP contribution in [0.1, 0.15) is 6.92 Å². The molecule has 1 aromatic rings. The molecular formula is C10H16N2O3S. The summed E-state index contributed by atoms with van der Waals surface area (Å²) in [6.07, 6.45) is 2.72. The summed E-state index contributed by atoms with van der Waals surface area (Å²) in [5, 5.41) is 2.94. The van der Waals surface area contributed by atoms with Gasteiger partial charge in [-0.1, -0.05) is 0 Å². The Morgan fingerprint density at radius 2 is 2.25 bits per heavy atom. The molecule has 0 aliphatic heterocycles. The van der Waals surface area contributed by atoms with Crippen LogP contribution in [0.25, 0.3) is 0 Å². The molecule has 0 aliphatic carbocycles. The molecule has 0 aromatic carbocycles. The normalized spacial score (nSPS) is 11.4. The molecule has 1 rings (SSSR count). The van der Waals surface area contributed by atoms with Crippen molar-refractivity contribution in [3.05, 3.63) is 18.3 Å². The van der Waals surface area contributed by atoms with E-state index < -0.39 is 9.84 Å². The highest BCUT2D eigenvalue weighted by molar-refractivity contribution is 7.90. The highest BCUT2D eigenvalue weighted by atomic mass is 32.2. The van der Waals surface area contributed by atoms with Gasteiger partial charge in [-0.2, -0.15) is 0 Å². The number of hydrogen-bond acceptors (Lipinski definition) is 5. The van der Waals surface area contributed by atoms with Gasteiger partial charge in [-0.25, -0.2) is 13.4 Å². The van der Waals surface area contributed by atoms with E-state index in [1.165, 1.54) is 6.07 Å². The van der Waals surface area contributed by atoms with Crippen LogP contribution in [0.3, 0.4) is 0 Å². The van der Waals surface area contributed by atoms with Crippen molar-refractivity contribution in [3.63, 3.8) is 0 Å². The molecule has 6 heteroatoms. The third-order valence-corrected chi connectivity index (χ3v) is 3.04. The number of ether oxygens (including phenoxy) is 1. The molecule has 0 fully saturated rings. The summed E-state index contributed by atoms with van der Waals surface area (Å²) in [5.41, 5.74) is 0. The fraction of sp³-hybridized carbons (Fsp3) is 0.500. The summed E-state index contributed by atoms with van der Waals surface area (Å²) in [6, 6.07) is 3.13. The largest absolute Gasteiger partial charge is 0.380 e. The SMILES string of the molecule is CCOCCNc1ncccc1S(C)(=O)=O. The maximum absolute atomic E-state index is 11.4. The minimum absolute atomic E-state index is 0.214. The van der Waals surface area contributed by atoms with Crippen LogP contribution in [0.15, 0.2) is 23.2 Å². The van der Waals surface area contributed by atoms with E-state index in [4.69, 9.17) is 4.74 Å². The smallest absolute Gasteiger partial charge is 0.179 e. The average molecular weight is 244 g/mol. The first-order chi connectivity index (χ1) is 7.55. The van der Waals surface area contributed by atoms with Crippen LogP contribution < -0.4 is 5.32 Å². The van der Waals surface area contributed by atoms with Gasteiger partial charge in [0.2, 0.25) is 0 Å². The Morgan fingerprint density at radius 3 is 2.88 bits per heavy atom. The summed E-state index contributed by atoms with van der Waals surface area (Å²) >= 11 is 0. The van der Waals surface area contributed by atoms with Gasteiger partial charge in [-0.15, -0.1) is 0 Å². The van der Waals surface area contributed by atoms with Gasteiger partial charge in [0.1, 0.15) is 10.7 Å². The van der Waals surface area contributed by atoms with E-state index in [2.05, 4.69) is 10.3 Å². The number of nitrogens with one attached hydrogen (secondary N) is 1. The first-order valence-corrected chi connectivity index (χ1v) is 6.91. The Kier molecular flexibility index (Phi) is 4.70. The van der Waals surface area contributed by atoms with Crippen molar-refractivity contribution in [2.24, 2.45) is 0 Å². The van der Waals surface area contributed by atoms with E-state index in [-0.39, 0.29) is 4.90 Å². The lowest BCUT2D eigenvalue weighted by Gasteiger charge is -2.09. The van der Waals surface area contributed by atoms with Crippen LogP contribution in [0.5, 0.6) is 0 Å². The third kappa shape index (κ3) is 3.79. The second-order valence-electron chi connectivity index (χ2n) is 3.25. The molecule has 0 saturated heterocycles. The summed E-state index contributed by atoms with van der Waals surface area (Å²) in [5.74, 6) is 0.379.